The number of benzene rings is 1. The number of nitrogens with one attached hydrogen (secondary N) is 1. The van der Waals surface area contributed by atoms with Crippen LogP contribution < -0.4 is 16.0 Å². The third-order valence-electron chi connectivity index (χ3n) is 3.61. The van der Waals surface area contributed by atoms with Gasteiger partial charge in [-0.25, -0.2) is 0 Å². The Kier molecular flexibility index (Phi) is 6.47. The lowest BCUT2D eigenvalue weighted by Crippen LogP contribution is -2.49. The van der Waals surface area contributed by atoms with Crippen LogP contribution in [0.3, 0.4) is 0 Å². The zero-order valence-electron chi connectivity index (χ0n) is 12.6. The highest BCUT2D eigenvalue weighted by molar-refractivity contribution is 6.01. The predicted octanol–water partition coefficient (Wildman–Crippen LogP) is 0.975. The molecule has 0 aliphatic carbocycles. The Morgan fingerprint density at radius 2 is 2.00 bits per heavy atom. The number of rotatable bonds is 4. The van der Waals surface area contributed by atoms with Crippen molar-refractivity contribution in [3.63, 3.8) is 0 Å². The smallest absolute Gasteiger partial charge is 0.269 e. The van der Waals surface area contributed by atoms with Crippen LogP contribution in [0, 0.1) is 10.1 Å². The molecular formula is C14H19ClN4O4. The molecule has 3 N–H and O–H groups in total. The molecule has 1 aromatic rings. The lowest BCUT2D eigenvalue weighted by molar-refractivity contribution is -0.384. The number of amides is 2. The Bertz CT molecular complexity index is 591. The van der Waals surface area contributed by atoms with Gasteiger partial charge in [0.05, 0.1) is 11.0 Å². The lowest BCUT2D eigenvalue weighted by atomic mass is 10.2. The second-order valence-corrected chi connectivity index (χ2v) is 5.27. The number of anilines is 1. The summed E-state index contributed by atoms with van der Waals surface area (Å²) in [5, 5.41) is 13.0. The van der Waals surface area contributed by atoms with Crippen molar-refractivity contribution in [2.75, 3.05) is 11.4 Å². The molecule has 2 atom stereocenters. The Hall–Kier alpha value is -2.19. The molecule has 1 heterocycles. The molecule has 0 bridgehead atoms. The van der Waals surface area contributed by atoms with E-state index in [0.29, 0.717) is 13.0 Å². The Morgan fingerprint density at radius 3 is 2.52 bits per heavy atom. The van der Waals surface area contributed by atoms with Gasteiger partial charge in [-0.05, 0) is 31.9 Å². The highest BCUT2D eigenvalue weighted by Gasteiger charge is 2.32. The van der Waals surface area contributed by atoms with Gasteiger partial charge in [0.1, 0.15) is 6.04 Å². The predicted molar refractivity (Wildman–Crippen MR) is 87.5 cm³/mol. The maximum absolute atomic E-state index is 12.2. The summed E-state index contributed by atoms with van der Waals surface area (Å²) in [6, 6.07) is 4.79. The van der Waals surface area contributed by atoms with Crippen LogP contribution in [0.25, 0.3) is 0 Å². The van der Waals surface area contributed by atoms with E-state index in [1.54, 1.807) is 12.1 Å². The van der Waals surface area contributed by atoms with E-state index in [-0.39, 0.29) is 18.1 Å². The van der Waals surface area contributed by atoms with Gasteiger partial charge in [-0.2, -0.15) is 0 Å². The molecule has 1 aliphatic rings. The number of nitro groups is 1. The molecular weight excluding hydrogens is 324 g/mol. The van der Waals surface area contributed by atoms with E-state index < -0.39 is 28.8 Å². The number of hydrogen-bond donors (Lipinski definition) is 2. The number of nitrogens with zero attached hydrogens (tertiary/aromatic N) is 2. The third kappa shape index (κ3) is 4.40. The molecule has 2 rings (SSSR count). The fourth-order valence-corrected chi connectivity index (χ4v) is 2.43. The van der Waals surface area contributed by atoms with Gasteiger partial charge in [-0.1, -0.05) is 0 Å². The third-order valence-corrected chi connectivity index (χ3v) is 3.61. The average Bonchev–Trinajstić information content (AvgIpc) is 2.96. The Morgan fingerprint density at radius 1 is 1.39 bits per heavy atom. The molecule has 1 aliphatic heterocycles. The van der Waals surface area contributed by atoms with Crippen LogP contribution in [0.2, 0.25) is 0 Å². The maximum atomic E-state index is 12.2. The summed E-state index contributed by atoms with van der Waals surface area (Å²) in [7, 11) is 0. The highest BCUT2D eigenvalue weighted by atomic mass is 35.5. The van der Waals surface area contributed by atoms with Crippen LogP contribution in [-0.2, 0) is 9.59 Å². The number of non-ortho nitro benzene ring substituents is 1. The summed E-state index contributed by atoms with van der Waals surface area (Å²) >= 11 is 0. The minimum atomic E-state index is -0.752. The normalized spacial score (nSPS) is 18.0. The molecule has 1 fully saturated rings. The fraction of sp³-hybridized carbons (Fsp3) is 0.429. The summed E-state index contributed by atoms with van der Waals surface area (Å²) in [5.41, 5.74) is 6.15. The van der Waals surface area contributed by atoms with E-state index in [1.165, 1.54) is 19.1 Å². The molecule has 8 nitrogen and oxygen atoms in total. The number of halogens is 1. The van der Waals surface area contributed by atoms with Crippen molar-refractivity contribution < 1.29 is 14.5 Å². The van der Waals surface area contributed by atoms with Gasteiger partial charge >= 0.3 is 0 Å². The summed E-state index contributed by atoms with van der Waals surface area (Å²) in [4.78, 5) is 35.7. The molecule has 1 saturated heterocycles. The minimum absolute atomic E-state index is 0. The van der Waals surface area contributed by atoms with Crippen LogP contribution in [-0.4, -0.2) is 35.4 Å². The van der Waals surface area contributed by atoms with Crippen LogP contribution >= 0.6 is 12.4 Å². The number of hydrogen-bond acceptors (Lipinski definition) is 6. The van der Waals surface area contributed by atoms with Gasteiger partial charge in [0.2, 0.25) is 11.8 Å². The summed E-state index contributed by atoms with van der Waals surface area (Å²) in [5.74, 6) is -0.904. The first-order valence-corrected chi connectivity index (χ1v) is 7.01. The molecule has 23 heavy (non-hydrogen) atoms. The summed E-state index contributed by atoms with van der Waals surface area (Å²) in [6.07, 6.45) is 1.43. The van der Waals surface area contributed by atoms with Crippen molar-refractivity contribution in [3.05, 3.63) is 34.4 Å². The molecule has 1 aromatic carbocycles. The van der Waals surface area contributed by atoms with Crippen molar-refractivity contribution in [2.45, 2.75) is 31.8 Å². The molecule has 0 radical (unpaired) electrons. The summed E-state index contributed by atoms with van der Waals surface area (Å²) in [6.45, 7) is 2.16. The Balaban J connectivity index is 0.00000264. The minimum Gasteiger partial charge on any atom is -0.360 e. The Labute approximate surface area is 139 Å². The van der Waals surface area contributed by atoms with Crippen molar-refractivity contribution in [2.24, 2.45) is 5.73 Å². The first-order chi connectivity index (χ1) is 10.4. The van der Waals surface area contributed by atoms with Crippen molar-refractivity contribution in [3.8, 4) is 0 Å². The molecule has 0 saturated carbocycles. The van der Waals surface area contributed by atoms with E-state index in [0.717, 1.165) is 12.1 Å². The van der Waals surface area contributed by atoms with E-state index >= 15 is 0 Å². The van der Waals surface area contributed by atoms with Crippen molar-refractivity contribution in [1.29, 1.82) is 0 Å². The monoisotopic (exact) mass is 342 g/mol. The zero-order chi connectivity index (χ0) is 16.3. The van der Waals surface area contributed by atoms with Gasteiger partial charge < -0.3 is 10.6 Å². The fourth-order valence-electron chi connectivity index (χ4n) is 2.43. The molecule has 126 valence electrons. The lowest BCUT2D eigenvalue weighted by Gasteiger charge is -2.25. The number of carbonyl (C=O) groups is 2. The number of nitro benzene ring substituents is 1. The van der Waals surface area contributed by atoms with Gasteiger partial charge in [0.25, 0.3) is 5.69 Å². The topological polar surface area (TPSA) is 119 Å². The number of imide groups is 1. The van der Waals surface area contributed by atoms with Gasteiger partial charge in [-0.15, -0.1) is 12.4 Å². The van der Waals surface area contributed by atoms with Crippen LogP contribution in [0.4, 0.5) is 11.4 Å². The SMILES string of the molecule is C[C@H](N)C(=O)NC(=O)[C@@H]1CCCN1c1ccc([N+](=O)[O-])cc1.Cl. The zero-order valence-corrected chi connectivity index (χ0v) is 13.4. The van der Waals surface area contributed by atoms with E-state index in [4.69, 9.17) is 5.73 Å². The van der Waals surface area contributed by atoms with E-state index in [9.17, 15) is 19.7 Å². The van der Waals surface area contributed by atoms with Gasteiger partial charge in [0, 0.05) is 24.4 Å². The number of nitrogens with two attached hydrogens (primary N) is 1. The van der Waals surface area contributed by atoms with E-state index in [2.05, 4.69) is 5.32 Å². The largest absolute Gasteiger partial charge is 0.360 e. The van der Waals surface area contributed by atoms with Crippen LogP contribution in [0.1, 0.15) is 19.8 Å². The molecule has 0 aromatic heterocycles. The number of carbonyl (C=O) groups excluding carboxylic acids is 2. The second kappa shape index (κ2) is 7.89. The first kappa shape index (κ1) is 18.9. The molecule has 2 amide bonds. The quantitative estimate of drug-likeness (QED) is 0.621. The average molecular weight is 343 g/mol. The second-order valence-electron chi connectivity index (χ2n) is 5.27. The van der Waals surface area contributed by atoms with Gasteiger partial charge in [0.15, 0.2) is 0 Å². The van der Waals surface area contributed by atoms with E-state index in [1.807, 2.05) is 4.90 Å². The van der Waals surface area contributed by atoms with Gasteiger partial charge in [-0.3, -0.25) is 25.0 Å². The molecule has 0 unspecified atom stereocenters. The highest BCUT2D eigenvalue weighted by Crippen LogP contribution is 2.27. The van der Waals surface area contributed by atoms with Crippen molar-refractivity contribution >= 4 is 35.6 Å². The van der Waals surface area contributed by atoms with Crippen LogP contribution in [0.5, 0.6) is 0 Å². The van der Waals surface area contributed by atoms with Crippen molar-refractivity contribution in [1.82, 2.24) is 5.32 Å². The first-order valence-electron chi connectivity index (χ1n) is 7.01. The standard InChI is InChI=1S/C14H18N4O4.ClH/c1-9(15)13(19)16-14(20)12-3-2-8-17(12)10-4-6-11(7-5-10)18(21)22;/h4-7,9,12H,2-3,8,15H2,1H3,(H,16,19,20);1H/t9-,12-;/m0./s1. The van der Waals surface area contributed by atoms with Crippen LogP contribution in [0.15, 0.2) is 24.3 Å². The maximum Gasteiger partial charge on any atom is 0.269 e. The summed E-state index contributed by atoms with van der Waals surface area (Å²) < 4.78 is 0. The molecule has 0 spiro atoms. The molecule has 9 heteroatoms.